The van der Waals surface area contributed by atoms with Gasteiger partial charge in [-0.15, -0.1) is 5.10 Å². The SMILES string of the molecule is CNC(C)c1ccc(-n2cnc(C(=O)OC)n2)c(F)c1. The Morgan fingerprint density at radius 1 is 1.50 bits per heavy atom. The number of halogens is 1. The molecule has 1 heterocycles. The lowest BCUT2D eigenvalue weighted by Crippen LogP contribution is -2.13. The van der Waals surface area contributed by atoms with Crippen LogP contribution in [-0.4, -0.2) is 34.9 Å². The average Bonchev–Trinajstić information content (AvgIpc) is 2.94. The fraction of sp³-hybridized carbons (Fsp3) is 0.308. The van der Waals surface area contributed by atoms with Gasteiger partial charge in [-0.2, -0.15) is 0 Å². The third-order valence-electron chi connectivity index (χ3n) is 3.01. The summed E-state index contributed by atoms with van der Waals surface area (Å²) in [6.45, 7) is 1.93. The molecule has 0 saturated heterocycles. The van der Waals surface area contributed by atoms with Gasteiger partial charge >= 0.3 is 5.97 Å². The summed E-state index contributed by atoms with van der Waals surface area (Å²) in [5, 5.41) is 6.91. The number of nitrogens with zero attached hydrogens (tertiary/aromatic N) is 3. The third kappa shape index (κ3) is 2.67. The Kier molecular flexibility index (Phi) is 4.09. The van der Waals surface area contributed by atoms with Crippen molar-refractivity contribution in [1.29, 1.82) is 0 Å². The molecule has 2 aromatic rings. The predicted molar refractivity (Wildman–Crippen MR) is 70.1 cm³/mol. The molecule has 0 aliphatic carbocycles. The van der Waals surface area contributed by atoms with Crippen molar-refractivity contribution in [2.75, 3.05) is 14.2 Å². The van der Waals surface area contributed by atoms with Gasteiger partial charge in [0.05, 0.1) is 7.11 Å². The zero-order valence-corrected chi connectivity index (χ0v) is 11.4. The molecule has 7 heteroatoms. The summed E-state index contributed by atoms with van der Waals surface area (Å²) in [5.74, 6) is -1.21. The van der Waals surface area contributed by atoms with Crippen LogP contribution in [-0.2, 0) is 4.74 Å². The number of ether oxygens (including phenoxy) is 1. The zero-order valence-electron chi connectivity index (χ0n) is 11.4. The predicted octanol–water partition coefficient (Wildman–Crippen LogP) is 1.47. The third-order valence-corrected chi connectivity index (χ3v) is 3.01. The van der Waals surface area contributed by atoms with E-state index in [-0.39, 0.29) is 17.6 Å². The van der Waals surface area contributed by atoms with Gasteiger partial charge < -0.3 is 10.1 Å². The summed E-state index contributed by atoms with van der Waals surface area (Å²) < 4.78 is 19.8. The fourth-order valence-corrected chi connectivity index (χ4v) is 1.71. The Morgan fingerprint density at radius 2 is 2.25 bits per heavy atom. The van der Waals surface area contributed by atoms with E-state index in [1.54, 1.807) is 19.2 Å². The van der Waals surface area contributed by atoms with Crippen LogP contribution in [0.4, 0.5) is 4.39 Å². The maximum absolute atomic E-state index is 14.1. The minimum Gasteiger partial charge on any atom is -0.463 e. The molecule has 0 aliphatic heterocycles. The Hall–Kier alpha value is -2.28. The van der Waals surface area contributed by atoms with E-state index in [4.69, 9.17) is 0 Å². The first-order valence-electron chi connectivity index (χ1n) is 6.04. The first kappa shape index (κ1) is 14.1. The number of aromatic nitrogens is 3. The van der Waals surface area contributed by atoms with E-state index >= 15 is 0 Å². The van der Waals surface area contributed by atoms with Gasteiger partial charge in [0.2, 0.25) is 0 Å². The minimum absolute atomic E-state index is 0.0416. The highest BCUT2D eigenvalue weighted by Crippen LogP contribution is 2.18. The van der Waals surface area contributed by atoms with E-state index in [9.17, 15) is 9.18 Å². The second-order valence-electron chi connectivity index (χ2n) is 4.23. The quantitative estimate of drug-likeness (QED) is 0.858. The monoisotopic (exact) mass is 278 g/mol. The van der Waals surface area contributed by atoms with Crippen molar-refractivity contribution in [2.24, 2.45) is 0 Å². The van der Waals surface area contributed by atoms with Crippen molar-refractivity contribution in [3.05, 3.63) is 41.7 Å². The van der Waals surface area contributed by atoms with Gasteiger partial charge in [0.25, 0.3) is 5.82 Å². The van der Waals surface area contributed by atoms with E-state index in [2.05, 4.69) is 20.1 Å². The lowest BCUT2D eigenvalue weighted by atomic mass is 10.1. The smallest absolute Gasteiger partial charge is 0.377 e. The number of hydrogen-bond donors (Lipinski definition) is 1. The van der Waals surface area contributed by atoms with E-state index in [0.29, 0.717) is 0 Å². The van der Waals surface area contributed by atoms with Crippen LogP contribution in [0.25, 0.3) is 5.69 Å². The van der Waals surface area contributed by atoms with Crippen LogP contribution in [0.3, 0.4) is 0 Å². The van der Waals surface area contributed by atoms with E-state index in [1.807, 2.05) is 6.92 Å². The lowest BCUT2D eigenvalue weighted by Gasteiger charge is -2.11. The summed E-state index contributed by atoms with van der Waals surface area (Å²) in [5.41, 5.74) is 1.04. The topological polar surface area (TPSA) is 69.0 Å². The van der Waals surface area contributed by atoms with Gasteiger partial charge in [-0.25, -0.2) is 18.9 Å². The molecule has 0 aliphatic rings. The number of methoxy groups -OCH3 is 1. The highest BCUT2D eigenvalue weighted by molar-refractivity contribution is 5.84. The maximum Gasteiger partial charge on any atom is 0.377 e. The molecule has 20 heavy (non-hydrogen) atoms. The largest absolute Gasteiger partial charge is 0.463 e. The standard InChI is InChI=1S/C13H15FN4O2/c1-8(15-2)9-4-5-11(10(14)6-9)18-7-16-12(17-18)13(19)20-3/h4-8,15H,1-3H3. The van der Waals surface area contributed by atoms with Crippen LogP contribution in [0.1, 0.15) is 29.1 Å². The first-order chi connectivity index (χ1) is 9.56. The average molecular weight is 278 g/mol. The molecule has 6 nitrogen and oxygen atoms in total. The van der Waals surface area contributed by atoms with Crippen LogP contribution in [0.2, 0.25) is 0 Å². The fourth-order valence-electron chi connectivity index (χ4n) is 1.71. The summed E-state index contributed by atoms with van der Waals surface area (Å²) in [6, 6.07) is 4.85. The first-order valence-corrected chi connectivity index (χ1v) is 6.04. The van der Waals surface area contributed by atoms with E-state index in [1.165, 1.54) is 24.2 Å². The van der Waals surface area contributed by atoms with E-state index in [0.717, 1.165) is 5.56 Å². The molecule has 106 valence electrons. The Balaban J connectivity index is 2.34. The van der Waals surface area contributed by atoms with E-state index < -0.39 is 11.8 Å². The molecule has 1 aromatic heterocycles. The van der Waals surface area contributed by atoms with Crippen LogP contribution in [0, 0.1) is 5.82 Å². The molecule has 1 aromatic carbocycles. The lowest BCUT2D eigenvalue weighted by molar-refractivity contribution is 0.0587. The molecular formula is C13H15FN4O2. The normalized spacial score (nSPS) is 12.2. The minimum atomic E-state index is -0.662. The number of benzene rings is 1. The van der Waals surface area contributed by atoms with Crippen LogP contribution in [0.15, 0.2) is 24.5 Å². The van der Waals surface area contributed by atoms with Crippen molar-refractivity contribution in [2.45, 2.75) is 13.0 Å². The molecule has 0 amide bonds. The molecule has 0 fully saturated rings. The zero-order chi connectivity index (χ0) is 14.7. The molecule has 1 unspecified atom stereocenters. The molecular weight excluding hydrogens is 263 g/mol. The van der Waals surface area contributed by atoms with Crippen LogP contribution in [0.5, 0.6) is 0 Å². The Bertz CT molecular complexity index is 627. The Labute approximate surface area is 115 Å². The second kappa shape index (κ2) is 5.79. The van der Waals surface area contributed by atoms with Gasteiger partial charge in [0, 0.05) is 6.04 Å². The number of carbonyl (C=O) groups excluding carboxylic acids is 1. The van der Waals surface area contributed by atoms with Gasteiger partial charge in [-0.1, -0.05) is 6.07 Å². The van der Waals surface area contributed by atoms with Gasteiger partial charge in [0.1, 0.15) is 17.8 Å². The molecule has 0 bridgehead atoms. The van der Waals surface area contributed by atoms with Gasteiger partial charge in [-0.3, -0.25) is 0 Å². The van der Waals surface area contributed by atoms with Crippen molar-refractivity contribution in [3.8, 4) is 5.69 Å². The second-order valence-corrected chi connectivity index (χ2v) is 4.23. The Morgan fingerprint density at radius 3 is 2.85 bits per heavy atom. The van der Waals surface area contributed by atoms with Crippen molar-refractivity contribution >= 4 is 5.97 Å². The highest BCUT2D eigenvalue weighted by atomic mass is 19.1. The van der Waals surface area contributed by atoms with Crippen LogP contribution >= 0.6 is 0 Å². The van der Waals surface area contributed by atoms with Crippen LogP contribution < -0.4 is 5.32 Å². The number of rotatable bonds is 4. The maximum atomic E-state index is 14.1. The summed E-state index contributed by atoms with van der Waals surface area (Å²) in [4.78, 5) is 15.0. The summed E-state index contributed by atoms with van der Waals surface area (Å²) in [7, 11) is 3.04. The van der Waals surface area contributed by atoms with Crippen molar-refractivity contribution in [3.63, 3.8) is 0 Å². The molecule has 1 atom stereocenters. The number of carbonyl (C=O) groups is 1. The van der Waals surface area contributed by atoms with Gasteiger partial charge in [-0.05, 0) is 31.7 Å². The van der Waals surface area contributed by atoms with Crippen molar-refractivity contribution < 1.29 is 13.9 Å². The number of nitrogens with one attached hydrogen (secondary N) is 1. The number of esters is 1. The molecule has 2 rings (SSSR count). The highest BCUT2D eigenvalue weighted by Gasteiger charge is 2.14. The molecule has 0 saturated carbocycles. The van der Waals surface area contributed by atoms with Gasteiger partial charge in [0.15, 0.2) is 0 Å². The molecule has 1 N–H and O–H groups in total. The summed E-state index contributed by atoms with van der Waals surface area (Å²) >= 11 is 0. The molecule has 0 spiro atoms. The summed E-state index contributed by atoms with van der Waals surface area (Å²) in [6.07, 6.45) is 1.27. The van der Waals surface area contributed by atoms with Crippen molar-refractivity contribution in [1.82, 2.24) is 20.1 Å². The number of hydrogen-bond acceptors (Lipinski definition) is 5. The molecule has 0 radical (unpaired) electrons.